The van der Waals surface area contributed by atoms with Gasteiger partial charge < -0.3 is 24.8 Å². The van der Waals surface area contributed by atoms with Crippen molar-refractivity contribution in [2.24, 2.45) is 5.92 Å². The Labute approximate surface area is 145 Å². The normalized spacial score (nSPS) is 20.2. The van der Waals surface area contributed by atoms with E-state index in [1.807, 2.05) is 6.56 Å². The summed E-state index contributed by atoms with van der Waals surface area (Å²) < 4.78 is 3.82. The third kappa shape index (κ3) is 4.48. The average molecular weight is 451 g/mol. The van der Waals surface area contributed by atoms with Gasteiger partial charge in [0.25, 0.3) is 0 Å². The molecule has 0 radical (unpaired) electrons. The molecule has 0 spiro atoms. The largest absolute Gasteiger partial charge is 1.00 e. The summed E-state index contributed by atoms with van der Waals surface area (Å²) in [5, 5.41) is 0. The fraction of sp³-hybridized carbons (Fsp3) is 0.500. The summed E-state index contributed by atoms with van der Waals surface area (Å²) in [6.45, 7) is 9.34. The topological polar surface area (TPSA) is 0 Å². The smallest absolute Gasteiger partial charge is 1.00 e. The Hall–Kier alpha value is 0.966. The van der Waals surface area contributed by atoms with E-state index in [4.69, 9.17) is 0 Å². The molecule has 2 rings (SSSR count). The third-order valence-electron chi connectivity index (χ3n) is 3.87. The van der Waals surface area contributed by atoms with Crippen molar-refractivity contribution in [1.29, 1.82) is 0 Å². The van der Waals surface area contributed by atoms with E-state index in [9.17, 15) is 0 Å². The van der Waals surface area contributed by atoms with Crippen molar-refractivity contribution in [2.75, 3.05) is 0 Å². The molecule has 0 saturated carbocycles. The summed E-state index contributed by atoms with van der Waals surface area (Å²) in [4.78, 5) is 0. The molecule has 0 bridgehead atoms. The van der Waals surface area contributed by atoms with Crippen molar-refractivity contribution in [3.63, 3.8) is 0 Å². The summed E-state index contributed by atoms with van der Waals surface area (Å²) in [6.07, 6.45) is 8.77. The first kappa shape index (κ1) is 21.0. The average Bonchev–Trinajstić information content (AvgIpc) is 2.71. The summed E-state index contributed by atoms with van der Waals surface area (Å²) >= 11 is -1.47. The van der Waals surface area contributed by atoms with E-state index in [0.717, 1.165) is 5.92 Å². The molecule has 0 amide bonds. The summed E-state index contributed by atoms with van der Waals surface area (Å²) in [7, 11) is -0.799. The van der Waals surface area contributed by atoms with Gasteiger partial charge in [0.05, 0.1) is 0 Å². The number of allylic oxidation sites excluding steroid dienone is 8. The van der Waals surface area contributed by atoms with Crippen LogP contribution in [-0.4, -0.2) is 9.98 Å². The number of halogens is 2. The molecular weight excluding hydrogens is 427 g/mol. The molecule has 0 aromatic heterocycles. The SMILES string of the molecule is CC1=CC(C)[C]([Zr+2]([C]2=C(C)C=C(C)C2)=[Ge]([CH3])[CH3])=C1.[Cl-].[Cl-]. The van der Waals surface area contributed by atoms with E-state index < -0.39 is 28.6 Å². The van der Waals surface area contributed by atoms with Crippen LogP contribution in [-0.2, 0) is 18.6 Å². The van der Waals surface area contributed by atoms with Gasteiger partial charge in [-0.3, -0.25) is 0 Å². The fourth-order valence-electron chi connectivity index (χ4n) is 3.19. The zero-order valence-corrected chi connectivity index (χ0v) is 19.3. The number of hydrogen-bond donors (Lipinski definition) is 0. The molecule has 2 aliphatic carbocycles. The Morgan fingerprint density at radius 2 is 1.70 bits per heavy atom. The van der Waals surface area contributed by atoms with Crippen LogP contribution < -0.4 is 24.8 Å². The van der Waals surface area contributed by atoms with Crippen LogP contribution in [0.3, 0.4) is 0 Å². The van der Waals surface area contributed by atoms with Crippen molar-refractivity contribution in [1.82, 2.24) is 0 Å². The van der Waals surface area contributed by atoms with Gasteiger partial charge in [0, 0.05) is 0 Å². The van der Waals surface area contributed by atoms with E-state index in [0.29, 0.717) is 0 Å². The minimum Gasteiger partial charge on any atom is -1.00 e. The van der Waals surface area contributed by atoms with E-state index in [1.165, 1.54) is 12.0 Å². The first-order chi connectivity index (χ1) is 8.40. The van der Waals surface area contributed by atoms with E-state index >= 15 is 0 Å². The van der Waals surface area contributed by atoms with Crippen LogP contribution in [0.1, 0.15) is 34.1 Å². The van der Waals surface area contributed by atoms with Gasteiger partial charge in [-0.15, -0.1) is 0 Å². The minimum atomic E-state index is -1.47. The molecule has 110 valence electrons. The van der Waals surface area contributed by atoms with Gasteiger partial charge >= 0.3 is 122 Å². The predicted octanol–water partition coefficient (Wildman–Crippen LogP) is -1.03. The molecular formula is C16H24Cl2GeZr. The second kappa shape index (κ2) is 8.56. The van der Waals surface area contributed by atoms with Gasteiger partial charge in [-0.25, -0.2) is 0 Å². The molecule has 0 fully saturated rings. The van der Waals surface area contributed by atoms with Crippen LogP contribution in [0.15, 0.2) is 41.5 Å². The van der Waals surface area contributed by atoms with Crippen molar-refractivity contribution in [3.05, 3.63) is 41.5 Å². The molecule has 0 aromatic carbocycles. The van der Waals surface area contributed by atoms with Gasteiger partial charge in [-0.2, -0.15) is 0 Å². The quantitative estimate of drug-likeness (QED) is 0.472. The van der Waals surface area contributed by atoms with Gasteiger partial charge in [0.15, 0.2) is 0 Å². The molecule has 1 unspecified atom stereocenters. The maximum absolute atomic E-state index is 2.62. The van der Waals surface area contributed by atoms with Crippen molar-refractivity contribution in [2.45, 2.75) is 45.6 Å². The summed E-state index contributed by atoms with van der Waals surface area (Å²) in [6, 6.07) is 0. The van der Waals surface area contributed by atoms with Crippen LogP contribution in [0, 0.1) is 5.92 Å². The Balaban J connectivity index is 0.00000180. The van der Waals surface area contributed by atoms with Crippen LogP contribution in [0.2, 0.25) is 11.5 Å². The van der Waals surface area contributed by atoms with Gasteiger partial charge in [0.2, 0.25) is 0 Å². The first-order valence-corrected chi connectivity index (χ1v) is 20.9. The van der Waals surface area contributed by atoms with E-state index in [-0.39, 0.29) is 24.8 Å². The second-order valence-electron chi connectivity index (χ2n) is 6.00. The Morgan fingerprint density at radius 3 is 2.05 bits per heavy atom. The predicted molar refractivity (Wildman–Crippen MR) is 79.6 cm³/mol. The molecule has 0 aliphatic heterocycles. The van der Waals surface area contributed by atoms with Crippen molar-refractivity contribution in [3.8, 4) is 0 Å². The molecule has 0 saturated heterocycles. The maximum Gasteiger partial charge on any atom is -1.00 e. The molecule has 0 N–H and O–H groups in total. The standard InChI is InChI=1S/2C7H9.C2H6Ge.2ClH.Zr/c2*1-6-3-4-7(2)5-6;1-3-2;;;/h5H,3H2,1-2H3;3,5,7H,1-2H3;1-2H3;2*1H;/q;;;;;+2/p-2. The number of hydrogen-bond acceptors (Lipinski definition) is 0. The maximum atomic E-state index is 2.62. The van der Waals surface area contributed by atoms with Crippen LogP contribution in [0.4, 0.5) is 0 Å². The summed E-state index contributed by atoms with van der Waals surface area (Å²) in [5.41, 5.74) is 4.74. The van der Waals surface area contributed by atoms with Crippen molar-refractivity contribution >= 4 is 9.98 Å². The van der Waals surface area contributed by atoms with E-state index in [2.05, 4.69) is 57.4 Å². The van der Waals surface area contributed by atoms with Gasteiger partial charge in [0.1, 0.15) is 0 Å². The Bertz CT molecular complexity index is 547. The molecule has 1 atom stereocenters. The molecule has 0 nitrogen and oxygen atoms in total. The molecule has 0 aromatic rings. The fourth-order valence-corrected chi connectivity index (χ4v) is 33.4. The van der Waals surface area contributed by atoms with E-state index in [1.54, 1.807) is 11.1 Å². The zero-order valence-electron chi connectivity index (χ0n) is 13.3. The first-order valence-electron chi connectivity index (χ1n) is 6.85. The minimum absolute atomic E-state index is 0. The van der Waals surface area contributed by atoms with Crippen molar-refractivity contribution < 1.29 is 43.4 Å². The van der Waals surface area contributed by atoms with Crippen LogP contribution in [0.25, 0.3) is 0 Å². The second-order valence-corrected chi connectivity index (χ2v) is 33.9. The molecule has 0 heterocycles. The third-order valence-corrected chi connectivity index (χ3v) is 31.9. The van der Waals surface area contributed by atoms with Crippen LogP contribution >= 0.6 is 0 Å². The van der Waals surface area contributed by atoms with Crippen LogP contribution in [0.5, 0.6) is 0 Å². The molecule has 2 aliphatic rings. The number of rotatable bonds is 2. The molecule has 4 heteroatoms. The van der Waals surface area contributed by atoms with Gasteiger partial charge in [-0.1, -0.05) is 0 Å². The Morgan fingerprint density at radius 1 is 1.10 bits per heavy atom. The van der Waals surface area contributed by atoms with Gasteiger partial charge in [-0.05, 0) is 0 Å². The molecule has 20 heavy (non-hydrogen) atoms. The Kier molecular flexibility index (Phi) is 8.97. The monoisotopic (exact) mass is 450 g/mol. The zero-order chi connectivity index (χ0) is 13.4. The summed E-state index contributed by atoms with van der Waals surface area (Å²) in [5.74, 6) is 5.97.